The number of carbonyl (C=O) groups excluding carboxylic acids is 1. The lowest BCUT2D eigenvalue weighted by Crippen LogP contribution is -2.37. The van der Waals surface area contributed by atoms with Crippen LogP contribution in [-0.2, 0) is 9.53 Å². The molecule has 0 spiro atoms. The lowest BCUT2D eigenvalue weighted by molar-refractivity contribution is -0.145. The number of halogens is 3. The van der Waals surface area contributed by atoms with E-state index in [-0.39, 0.29) is 12.2 Å². The van der Waals surface area contributed by atoms with Gasteiger partial charge in [0.15, 0.2) is 17.5 Å². The van der Waals surface area contributed by atoms with E-state index in [1.54, 1.807) is 20.8 Å². The third-order valence-electron chi connectivity index (χ3n) is 2.65. The van der Waals surface area contributed by atoms with Gasteiger partial charge >= 0.3 is 5.97 Å². The summed E-state index contributed by atoms with van der Waals surface area (Å²) in [6.45, 7) is 5.12. The average molecular weight is 275 g/mol. The molecule has 0 radical (unpaired) electrons. The van der Waals surface area contributed by atoms with E-state index < -0.39 is 35.5 Å². The normalized spacial score (nSPS) is 14.0. The van der Waals surface area contributed by atoms with Crippen molar-refractivity contribution in [1.82, 2.24) is 5.32 Å². The van der Waals surface area contributed by atoms with Gasteiger partial charge in [-0.15, -0.1) is 0 Å². The third kappa shape index (κ3) is 3.96. The number of ether oxygens (including phenoxy) is 1. The number of esters is 1. The van der Waals surface area contributed by atoms with Gasteiger partial charge in [0, 0.05) is 6.04 Å². The molecule has 0 aromatic heterocycles. The number of hydrogen-bond donors (Lipinski definition) is 1. The molecule has 6 heteroatoms. The SMILES string of the molecule is CCOC(=O)[C@@H](C)N[C@@H](C)c1cc(F)c(F)c(F)c1. The fraction of sp³-hybridized carbons (Fsp3) is 0.462. The molecule has 0 saturated carbocycles. The highest BCUT2D eigenvalue weighted by molar-refractivity contribution is 5.75. The van der Waals surface area contributed by atoms with Crippen molar-refractivity contribution in [1.29, 1.82) is 0 Å². The van der Waals surface area contributed by atoms with Gasteiger partial charge in [0.05, 0.1) is 6.61 Å². The highest BCUT2D eigenvalue weighted by atomic mass is 19.2. The highest BCUT2D eigenvalue weighted by Gasteiger charge is 2.19. The zero-order chi connectivity index (χ0) is 14.6. The monoisotopic (exact) mass is 275 g/mol. The Labute approximate surface area is 109 Å². The maximum atomic E-state index is 13.1. The van der Waals surface area contributed by atoms with Crippen molar-refractivity contribution >= 4 is 5.97 Å². The summed E-state index contributed by atoms with van der Waals surface area (Å²) in [5.41, 5.74) is 0.215. The van der Waals surface area contributed by atoms with Gasteiger partial charge in [0.1, 0.15) is 6.04 Å². The smallest absolute Gasteiger partial charge is 0.322 e. The quantitative estimate of drug-likeness (QED) is 0.663. The van der Waals surface area contributed by atoms with E-state index in [1.807, 2.05) is 0 Å². The van der Waals surface area contributed by atoms with Crippen LogP contribution in [-0.4, -0.2) is 18.6 Å². The topological polar surface area (TPSA) is 38.3 Å². The number of benzene rings is 1. The van der Waals surface area contributed by atoms with E-state index in [0.717, 1.165) is 12.1 Å². The summed E-state index contributed by atoms with van der Waals surface area (Å²) in [6, 6.07) is 0.636. The Balaban J connectivity index is 2.78. The molecular formula is C13H16F3NO2. The fourth-order valence-corrected chi connectivity index (χ4v) is 1.63. The van der Waals surface area contributed by atoms with Crippen molar-refractivity contribution in [2.24, 2.45) is 0 Å². The summed E-state index contributed by atoms with van der Waals surface area (Å²) in [7, 11) is 0. The summed E-state index contributed by atoms with van der Waals surface area (Å²) in [6.07, 6.45) is 0. The van der Waals surface area contributed by atoms with E-state index >= 15 is 0 Å². The molecule has 1 N–H and O–H groups in total. The van der Waals surface area contributed by atoms with Gasteiger partial charge in [-0.2, -0.15) is 0 Å². The van der Waals surface area contributed by atoms with Gasteiger partial charge in [-0.25, -0.2) is 13.2 Å². The number of carbonyl (C=O) groups is 1. The Hall–Kier alpha value is -1.56. The van der Waals surface area contributed by atoms with Crippen LogP contribution in [0.15, 0.2) is 12.1 Å². The molecule has 19 heavy (non-hydrogen) atoms. The molecule has 0 heterocycles. The number of nitrogens with one attached hydrogen (secondary N) is 1. The molecule has 0 aliphatic heterocycles. The molecule has 0 unspecified atom stereocenters. The molecule has 2 atom stereocenters. The first-order valence-electron chi connectivity index (χ1n) is 5.94. The summed E-state index contributed by atoms with van der Waals surface area (Å²) < 4.78 is 43.8. The van der Waals surface area contributed by atoms with Gasteiger partial charge in [-0.05, 0) is 38.5 Å². The van der Waals surface area contributed by atoms with Crippen LogP contribution in [0.5, 0.6) is 0 Å². The Bertz CT molecular complexity index is 442. The van der Waals surface area contributed by atoms with E-state index in [9.17, 15) is 18.0 Å². The second-order valence-corrected chi connectivity index (χ2v) is 4.16. The van der Waals surface area contributed by atoms with Crippen LogP contribution in [0.2, 0.25) is 0 Å². The molecule has 0 fully saturated rings. The first-order valence-corrected chi connectivity index (χ1v) is 5.94. The predicted molar refractivity (Wildman–Crippen MR) is 64.0 cm³/mol. The molecule has 3 nitrogen and oxygen atoms in total. The maximum absolute atomic E-state index is 13.1. The van der Waals surface area contributed by atoms with Crippen molar-refractivity contribution in [3.05, 3.63) is 35.1 Å². The zero-order valence-corrected chi connectivity index (χ0v) is 11.0. The van der Waals surface area contributed by atoms with E-state index in [1.165, 1.54) is 0 Å². The maximum Gasteiger partial charge on any atom is 0.322 e. The van der Waals surface area contributed by atoms with Gasteiger partial charge in [-0.1, -0.05) is 0 Å². The third-order valence-corrected chi connectivity index (χ3v) is 2.65. The molecule has 1 aromatic rings. The summed E-state index contributed by atoms with van der Waals surface area (Å²) in [5, 5.41) is 2.82. The molecule has 1 aromatic carbocycles. The highest BCUT2D eigenvalue weighted by Crippen LogP contribution is 2.19. The van der Waals surface area contributed by atoms with Crippen LogP contribution < -0.4 is 5.32 Å². The Morgan fingerprint density at radius 3 is 2.26 bits per heavy atom. The van der Waals surface area contributed by atoms with Crippen molar-refractivity contribution < 1.29 is 22.7 Å². The Morgan fingerprint density at radius 1 is 1.26 bits per heavy atom. The minimum absolute atomic E-state index is 0.215. The lowest BCUT2D eigenvalue weighted by atomic mass is 10.1. The zero-order valence-electron chi connectivity index (χ0n) is 11.0. The van der Waals surface area contributed by atoms with Crippen molar-refractivity contribution in [3.63, 3.8) is 0 Å². The van der Waals surface area contributed by atoms with E-state index in [4.69, 9.17) is 4.74 Å². The van der Waals surface area contributed by atoms with Crippen LogP contribution in [0.25, 0.3) is 0 Å². The van der Waals surface area contributed by atoms with Crippen molar-refractivity contribution in [3.8, 4) is 0 Å². The lowest BCUT2D eigenvalue weighted by Gasteiger charge is -2.19. The number of hydrogen-bond acceptors (Lipinski definition) is 3. The first-order chi connectivity index (χ1) is 8.86. The van der Waals surface area contributed by atoms with Crippen LogP contribution in [0.3, 0.4) is 0 Å². The second-order valence-electron chi connectivity index (χ2n) is 4.16. The van der Waals surface area contributed by atoms with Gasteiger partial charge in [0.25, 0.3) is 0 Å². The number of rotatable bonds is 5. The van der Waals surface area contributed by atoms with E-state index in [0.29, 0.717) is 0 Å². The molecule has 0 bridgehead atoms. The van der Waals surface area contributed by atoms with Crippen LogP contribution in [0.1, 0.15) is 32.4 Å². The second kappa shape index (κ2) is 6.56. The molecule has 1 rings (SSSR count). The molecule has 0 aliphatic rings. The van der Waals surface area contributed by atoms with Gasteiger partial charge in [0.2, 0.25) is 0 Å². The van der Waals surface area contributed by atoms with Crippen LogP contribution in [0.4, 0.5) is 13.2 Å². The molecule has 0 aliphatic carbocycles. The first kappa shape index (κ1) is 15.5. The standard InChI is InChI=1S/C13H16F3NO2/c1-4-19-13(18)8(3)17-7(2)9-5-10(14)12(16)11(15)6-9/h5-8,17H,4H2,1-3H3/t7-,8+/m0/s1. The van der Waals surface area contributed by atoms with Gasteiger partial charge < -0.3 is 4.74 Å². The minimum atomic E-state index is -1.51. The summed E-state index contributed by atoms with van der Waals surface area (Å²) in [4.78, 5) is 11.4. The minimum Gasteiger partial charge on any atom is -0.465 e. The Morgan fingerprint density at radius 2 is 1.79 bits per heavy atom. The summed E-state index contributed by atoms with van der Waals surface area (Å²) >= 11 is 0. The molecular weight excluding hydrogens is 259 g/mol. The Kier molecular flexibility index (Phi) is 5.35. The van der Waals surface area contributed by atoms with Crippen molar-refractivity contribution in [2.45, 2.75) is 32.9 Å². The average Bonchev–Trinajstić information content (AvgIpc) is 2.35. The van der Waals surface area contributed by atoms with Crippen LogP contribution in [0, 0.1) is 17.5 Å². The van der Waals surface area contributed by atoms with E-state index in [2.05, 4.69) is 5.32 Å². The molecule has 106 valence electrons. The summed E-state index contributed by atoms with van der Waals surface area (Å²) in [5.74, 6) is -4.48. The predicted octanol–water partition coefficient (Wildman–Crippen LogP) is 2.71. The molecule has 0 saturated heterocycles. The largest absolute Gasteiger partial charge is 0.465 e. The molecule has 0 amide bonds. The van der Waals surface area contributed by atoms with Gasteiger partial charge in [-0.3, -0.25) is 10.1 Å². The van der Waals surface area contributed by atoms with Crippen LogP contribution >= 0.6 is 0 Å². The van der Waals surface area contributed by atoms with Crippen molar-refractivity contribution in [2.75, 3.05) is 6.61 Å². The fourth-order valence-electron chi connectivity index (χ4n) is 1.63.